The molecular formula is C7H5ClN2S. The van der Waals surface area contributed by atoms with Crippen LogP contribution >= 0.6 is 24.2 Å². The van der Waals surface area contributed by atoms with Gasteiger partial charge in [0.1, 0.15) is 0 Å². The fraction of sp³-hybridized carbons (Fsp3) is 0.143. The van der Waals surface area contributed by atoms with Gasteiger partial charge >= 0.3 is 0 Å². The van der Waals surface area contributed by atoms with Gasteiger partial charge in [0.25, 0.3) is 0 Å². The Morgan fingerprint density at radius 3 is 2.64 bits per heavy atom. The van der Waals surface area contributed by atoms with Gasteiger partial charge < -0.3 is 0 Å². The maximum absolute atomic E-state index is 5.56. The molecule has 1 aromatic rings. The highest BCUT2D eigenvalue weighted by molar-refractivity contribution is 7.80. The van der Waals surface area contributed by atoms with Crippen molar-refractivity contribution in [2.45, 2.75) is 0 Å². The van der Waals surface area contributed by atoms with Gasteiger partial charge in [0.15, 0.2) is 0 Å². The molecule has 0 spiro atoms. The van der Waals surface area contributed by atoms with E-state index in [4.69, 9.17) is 11.6 Å². The molecule has 0 N–H and O–H groups in total. The Kier molecular flexibility index (Phi) is 3.21. The van der Waals surface area contributed by atoms with E-state index in [0.717, 1.165) is 0 Å². The van der Waals surface area contributed by atoms with Crippen LogP contribution in [-0.4, -0.2) is 15.7 Å². The smallest absolute Gasteiger partial charge is 0.204 e. The number of halogens is 1. The summed E-state index contributed by atoms with van der Waals surface area (Å²) >= 11 is 9.47. The second-order valence-electron chi connectivity index (χ2n) is 1.68. The molecule has 2 nitrogen and oxygen atoms in total. The third-order valence-electron chi connectivity index (χ3n) is 0.900. The van der Waals surface area contributed by atoms with E-state index in [1.165, 1.54) is 12.4 Å². The van der Waals surface area contributed by atoms with E-state index in [9.17, 15) is 0 Å². The van der Waals surface area contributed by atoms with Crippen LogP contribution in [0.5, 0.6) is 0 Å². The summed E-state index contributed by atoms with van der Waals surface area (Å²) in [5.74, 6) is 6.43. The molecule has 4 heteroatoms. The highest BCUT2D eigenvalue weighted by Crippen LogP contribution is 2.01. The van der Waals surface area contributed by atoms with Crippen LogP contribution in [0.1, 0.15) is 5.82 Å². The molecule has 11 heavy (non-hydrogen) atoms. The SMILES string of the molecule is SCC#Cc1ncc(Cl)cn1. The van der Waals surface area contributed by atoms with Crippen LogP contribution in [0.15, 0.2) is 12.4 Å². The minimum absolute atomic E-state index is 0.475. The Morgan fingerprint density at radius 1 is 1.45 bits per heavy atom. The number of thiol groups is 1. The molecular weight excluding hydrogens is 180 g/mol. The van der Waals surface area contributed by atoms with E-state index in [1.54, 1.807) is 0 Å². The first-order chi connectivity index (χ1) is 5.33. The van der Waals surface area contributed by atoms with Crippen LogP contribution in [0, 0.1) is 11.8 Å². The molecule has 0 aromatic carbocycles. The zero-order valence-corrected chi connectivity index (χ0v) is 7.23. The summed E-state index contributed by atoms with van der Waals surface area (Å²) in [4.78, 5) is 7.73. The normalized spacial score (nSPS) is 8.55. The number of nitrogens with zero attached hydrogens (tertiary/aromatic N) is 2. The number of hydrogen-bond acceptors (Lipinski definition) is 3. The summed E-state index contributed by atoms with van der Waals surface area (Å²) in [6.07, 6.45) is 3.02. The quantitative estimate of drug-likeness (QED) is 0.488. The van der Waals surface area contributed by atoms with Gasteiger partial charge in [-0.1, -0.05) is 17.5 Å². The van der Waals surface area contributed by atoms with Crippen LogP contribution in [0.3, 0.4) is 0 Å². The summed E-state index contributed by atoms with van der Waals surface area (Å²) in [5, 5.41) is 0.515. The maximum atomic E-state index is 5.56. The second kappa shape index (κ2) is 4.22. The van der Waals surface area contributed by atoms with E-state index in [-0.39, 0.29) is 0 Å². The number of rotatable bonds is 0. The molecule has 0 saturated carbocycles. The van der Waals surface area contributed by atoms with Crippen molar-refractivity contribution in [2.75, 3.05) is 5.75 Å². The summed E-state index contributed by atoms with van der Waals surface area (Å²) < 4.78 is 0. The van der Waals surface area contributed by atoms with Crippen LogP contribution in [0.4, 0.5) is 0 Å². The summed E-state index contributed by atoms with van der Waals surface area (Å²) in [6.45, 7) is 0. The fourth-order valence-electron chi connectivity index (χ4n) is 0.495. The molecule has 0 radical (unpaired) electrons. The molecule has 1 heterocycles. The molecule has 0 aliphatic carbocycles. The van der Waals surface area contributed by atoms with Gasteiger partial charge in [-0.05, 0) is 5.92 Å². The minimum atomic E-state index is 0.475. The second-order valence-corrected chi connectivity index (χ2v) is 2.44. The van der Waals surface area contributed by atoms with Crippen molar-refractivity contribution in [2.24, 2.45) is 0 Å². The Labute approximate surface area is 75.4 Å². The van der Waals surface area contributed by atoms with Gasteiger partial charge in [0.05, 0.1) is 23.2 Å². The first kappa shape index (κ1) is 8.38. The molecule has 0 aliphatic rings. The standard InChI is InChI=1S/C7H5ClN2S/c8-6-4-9-7(10-5-6)2-1-3-11/h4-5,11H,3H2. The Morgan fingerprint density at radius 2 is 2.09 bits per heavy atom. The van der Waals surface area contributed by atoms with E-state index < -0.39 is 0 Å². The average Bonchev–Trinajstić information content (AvgIpc) is 2.04. The van der Waals surface area contributed by atoms with E-state index in [0.29, 0.717) is 16.6 Å². The summed E-state index contributed by atoms with van der Waals surface area (Å²) in [6, 6.07) is 0. The third-order valence-corrected chi connectivity index (χ3v) is 1.25. The Balaban J connectivity index is 2.82. The van der Waals surface area contributed by atoms with E-state index >= 15 is 0 Å². The first-order valence-corrected chi connectivity index (χ1v) is 3.91. The van der Waals surface area contributed by atoms with Crippen LogP contribution in [0.2, 0.25) is 5.02 Å². The molecule has 1 rings (SSSR count). The lowest BCUT2D eigenvalue weighted by molar-refractivity contribution is 1.13. The molecule has 0 bridgehead atoms. The predicted molar refractivity (Wildman–Crippen MR) is 47.8 cm³/mol. The van der Waals surface area contributed by atoms with Gasteiger partial charge in [-0.3, -0.25) is 0 Å². The number of hydrogen-bond donors (Lipinski definition) is 1. The predicted octanol–water partition coefficient (Wildman–Crippen LogP) is 1.41. The molecule has 56 valence electrons. The van der Waals surface area contributed by atoms with Crippen molar-refractivity contribution in [3.8, 4) is 11.8 Å². The van der Waals surface area contributed by atoms with Crippen molar-refractivity contribution in [3.63, 3.8) is 0 Å². The Hall–Kier alpha value is -0.720. The minimum Gasteiger partial charge on any atom is -0.228 e. The monoisotopic (exact) mass is 184 g/mol. The van der Waals surface area contributed by atoms with Crippen molar-refractivity contribution in [1.29, 1.82) is 0 Å². The summed E-state index contributed by atoms with van der Waals surface area (Å²) in [5.41, 5.74) is 0. The number of aromatic nitrogens is 2. The highest BCUT2D eigenvalue weighted by Gasteiger charge is 1.88. The molecule has 0 fully saturated rings. The zero-order chi connectivity index (χ0) is 8.10. The molecule has 0 atom stereocenters. The average molecular weight is 185 g/mol. The van der Waals surface area contributed by atoms with Crippen LogP contribution in [-0.2, 0) is 0 Å². The first-order valence-electron chi connectivity index (χ1n) is 2.90. The van der Waals surface area contributed by atoms with Crippen molar-refractivity contribution in [3.05, 3.63) is 23.2 Å². The molecule has 0 amide bonds. The lowest BCUT2D eigenvalue weighted by Crippen LogP contribution is -1.85. The van der Waals surface area contributed by atoms with Gasteiger partial charge in [0, 0.05) is 0 Å². The van der Waals surface area contributed by atoms with Gasteiger partial charge in [-0.25, -0.2) is 9.97 Å². The molecule has 1 aromatic heterocycles. The molecule has 0 unspecified atom stereocenters. The van der Waals surface area contributed by atoms with Gasteiger partial charge in [0.2, 0.25) is 5.82 Å². The largest absolute Gasteiger partial charge is 0.228 e. The lowest BCUT2D eigenvalue weighted by atomic mass is 10.5. The van der Waals surface area contributed by atoms with Gasteiger partial charge in [-0.2, -0.15) is 12.6 Å². The lowest BCUT2D eigenvalue weighted by Gasteiger charge is -1.87. The highest BCUT2D eigenvalue weighted by atomic mass is 35.5. The molecule has 0 aliphatic heterocycles. The van der Waals surface area contributed by atoms with Gasteiger partial charge in [-0.15, -0.1) is 0 Å². The van der Waals surface area contributed by atoms with Crippen molar-refractivity contribution < 1.29 is 0 Å². The van der Waals surface area contributed by atoms with Crippen molar-refractivity contribution >= 4 is 24.2 Å². The zero-order valence-electron chi connectivity index (χ0n) is 5.58. The molecule has 0 saturated heterocycles. The van der Waals surface area contributed by atoms with E-state index in [2.05, 4.69) is 34.4 Å². The van der Waals surface area contributed by atoms with E-state index in [1.807, 2.05) is 0 Å². The third kappa shape index (κ3) is 2.79. The van der Waals surface area contributed by atoms with Crippen LogP contribution in [0.25, 0.3) is 0 Å². The maximum Gasteiger partial charge on any atom is 0.204 e. The topological polar surface area (TPSA) is 25.8 Å². The van der Waals surface area contributed by atoms with Crippen LogP contribution < -0.4 is 0 Å². The summed E-state index contributed by atoms with van der Waals surface area (Å²) in [7, 11) is 0. The van der Waals surface area contributed by atoms with Crippen molar-refractivity contribution in [1.82, 2.24) is 9.97 Å². The fourth-order valence-corrected chi connectivity index (χ4v) is 0.672. The Bertz CT molecular complexity index is 286.